The number of ether oxygens (including phenoxy) is 1. The van der Waals surface area contributed by atoms with Gasteiger partial charge in [0, 0.05) is 45.0 Å². The van der Waals surface area contributed by atoms with Gasteiger partial charge in [0.15, 0.2) is 0 Å². The third kappa shape index (κ3) is 6.62. The highest BCUT2D eigenvalue weighted by atomic mass is 35.5. The number of amides is 2. The molecule has 0 bridgehead atoms. The van der Waals surface area contributed by atoms with Crippen molar-refractivity contribution in [2.45, 2.75) is 38.3 Å². The number of nitrogens with one attached hydrogen (secondary N) is 1. The number of hydrogen-bond donors (Lipinski definition) is 2. The van der Waals surface area contributed by atoms with Crippen molar-refractivity contribution in [3.05, 3.63) is 23.9 Å². The van der Waals surface area contributed by atoms with E-state index in [1.807, 2.05) is 17.0 Å². The predicted molar refractivity (Wildman–Crippen MR) is 117 cm³/mol. The van der Waals surface area contributed by atoms with Crippen molar-refractivity contribution in [2.75, 3.05) is 38.2 Å². The molecule has 2 heterocycles. The Bertz CT molecular complexity index is 646. The molecule has 0 radical (unpaired) electrons. The van der Waals surface area contributed by atoms with E-state index in [1.54, 1.807) is 6.20 Å². The van der Waals surface area contributed by atoms with Gasteiger partial charge in [-0.2, -0.15) is 0 Å². The first-order chi connectivity index (χ1) is 13.1. The van der Waals surface area contributed by atoms with E-state index < -0.39 is 0 Å². The van der Waals surface area contributed by atoms with Gasteiger partial charge < -0.3 is 25.6 Å². The summed E-state index contributed by atoms with van der Waals surface area (Å²) in [5.74, 6) is 0.766. The van der Waals surface area contributed by atoms with E-state index in [1.165, 1.54) is 7.11 Å². The molecule has 3 N–H and O–H groups in total. The van der Waals surface area contributed by atoms with Crippen molar-refractivity contribution in [1.82, 2.24) is 15.2 Å². The van der Waals surface area contributed by atoms with Crippen molar-refractivity contribution >= 4 is 42.6 Å². The summed E-state index contributed by atoms with van der Waals surface area (Å²) in [6, 6.07) is 4.11. The van der Waals surface area contributed by atoms with E-state index in [4.69, 9.17) is 10.5 Å². The molecule has 8 nitrogen and oxygen atoms in total. The number of nitrogens with zero attached hydrogens (tertiary/aromatic N) is 3. The van der Waals surface area contributed by atoms with Crippen LogP contribution in [-0.4, -0.2) is 61.2 Å². The second-order valence-electron chi connectivity index (χ2n) is 7.22. The van der Waals surface area contributed by atoms with Gasteiger partial charge in [-0.25, -0.2) is 9.78 Å². The van der Waals surface area contributed by atoms with E-state index in [0.29, 0.717) is 19.6 Å². The van der Waals surface area contributed by atoms with Crippen molar-refractivity contribution < 1.29 is 14.3 Å². The highest BCUT2D eigenvalue weighted by molar-refractivity contribution is 5.85. The van der Waals surface area contributed by atoms with Gasteiger partial charge in [0.2, 0.25) is 0 Å². The Labute approximate surface area is 184 Å². The van der Waals surface area contributed by atoms with Crippen molar-refractivity contribution in [3.8, 4) is 0 Å². The standard InChI is InChI=1S/C19H29N5O3.2ClH/c1-27-18(25)15-3-5-16(6-4-15)22-19(26)24-10-8-23(9-11-24)17-7-2-14(12-20)13-21-17;;/h2,7,13,15-16H,3-6,8-12,20H2,1H3,(H,22,26);2*1H. The van der Waals surface area contributed by atoms with E-state index in [-0.39, 0.29) is 48.8 Å². The highest BCUT2D eigenvalue weighted by Gasteiger charge is 2.29. The molecule has 10 heteroatoms. The maximum atomic E-state index is 12.5. The molecule has 2 fully saturated rings. The molecular formula is C19H31Cl2N5O3. The zero-order chi connectivity index (χ0) is 19.2. The van der Waals surface area contributed by atoms with Crippen molar-refractivity contribution in [3.63, 3.8) is 0 Å². The summed E-state index contributed by atoms with van der Waals surface area (Å²) in [7, 11) is 1.43. The van der Waals surface area contributed by atoms with E-state index in [2.05, 4.69) is 15.2 Å². The molecule has 3 rings (SSSR count). The van der Waals surface area contributed by atoms with Gasteiger partial charge >= 0.3 is 12.0 Å². The van der Waals surface area contributed by atoms with Gasteiger partial charge in [-0.05, 0) is 37.3 Å². The molecular weight excluding hydrogens is 417 g/mol. The number of esters is 1. The number of carbonyl (C=O) groups is 2. The van der Waals surface area contributed by atoms with E-state index in [0.717, 1.165) is 50.2 Å². The Morgan fingerprint density at radius 2 is 1.79 bits per heavy atom. The SMILES string of the molecule is COC(=O)C1CCC(NC(=O)N2CCN(c3ccc(CN)cn3)CC2)CC1.Cl.Cl. The third-order valence-electron chi connectivity index (χ3n) is 5.53. The van der Waals surface area contributed by atoms with Crippen LogP contribution in [0.15, 0.2) is 18.3 Å². The monoisotopic (exact) mass is 447 g/mol. The largest absolute Gasteiger partial charge is 0.469 e. The molecule has 1 aliphatic heterocycles. The molecule has 2 amide bonds. The van der Waals surface area contributed by atoms with E-state index >= 15 is 0 Å². The maximum absolute atomic E-state index is 12.5. The molecule has 1 aromatic rings. The zero-order valence-electron chi connectivity index (χ0n) is 16.7. The van der Waals surface area contributed by atoms with Crippen LogP contribution in [-0.2, 0) is 16.1 Å². The lowest BCUT2D eigenvalue weighted by Gasteiger charge is -2.37. The fourth-order valence-electron chi connectivity index (χ4n) is 3.77. The zero-order valence-corrected chi connectivity index (χ0v) is 18.3. The highest BCUT2D eigenvalue weighted by Crippen LogP contribution is 2.25. The number of nitrogens with two attached hydrogens (primary N) is 1. The topological polar surface area (TPSA) is 101 Å². The third-order valence-corrected chi connectivity index (χ3v) is 5.53. The summed E-state index contributed by atoms with van der Waals surface area (Å²) < 4.78 is 4.81. The van der Waals surface area contributed by atoms with Crippen molar-refractivity contribution in [1.29, 1.82) is 0 Å². The lowest BCUT2D eigenvalue weighted by molar-refractivity contribution is -0.146. The number of methoxy groups -OCH3 is 1. The van der Waals surface area contributed by atoms with Gasteiger partial charge in [-0.1, -0.05) is 6.07 Å². The van der Waals surface area contributed by atoms with Gasteiger partial charge in [0.25, 0.3) is 0 Å². The Balaban J connectivity index is 0.00000210. The predicted octanol–water partition coefficient (Wildman–Crippen LogP) is 1.95. The molecule has 0 atom stereocenters. The van der Waals surface area contributed by atoms with Crippen LogP contribution >= 0.6 is 24.8 Å². The minimum Gasteiger partial charge on any atom is -0.469 e. The Morgan fingerprint density at radius 3 is 2.31 bits per heavy atom. The summed E-state index contributed by atoms with van der Waals surface area (Å²) >= 11 is 0. The Kier molecular flexibility index (Phi) is 10.5. The first-order valence-corrected chi connectivity index (χ1v) is 9.64. The average Bonchev–Trinajstić information content (AvgIpc) is 2.74. The number of anilines is 1. The van der Waals surface area contributed by atoms with E-state index in [9.17, 15) is 9.59 Å². The summed E-state index contributed by atoms with van der Waals surface area (Å²) in [6.07, 6.45) is 5.00. The summed E-state index contributed by atoms with van der Waals surface area (Å²) in [5.41, 5.74) is 6.62. The summed E-state index contributed by atoms with van der Waals surface area (Å²) in [4.78, 5) is 32.6. The van der Waals surface area contributed by atoms with Crippen LogP contribution in [0.4, 0.5) is 10.6 Å². The number of piperazine rings is 1. The number of carbonyl (C=O) groups excluding carboxylic acids is 2. The minimum atomic E-state index is -0.135. The van der Waals surface area contributed by atoms with Crippen LogP contribution in [0.1, 0.15) is 31.2 Å². The fourth-order valence-corrected chi connectivity index (χ4v) is 3.77. The molecule has 0 spiro atoms. The van der Waals surface area contributed by atoms with Crippen LogP contribution in [0.5, 0.6) is 0 Å². The average molecular weight is 448 g/mol. The molecule has 1 saturated heterocycles. The number of rotatable bonds is 4. The summed E-state index contributed by atoms with van der Waals surface area (Å²) in [6.45, 7) is 3.35. The lowest BCUT2D eigenvalue weighted by Crippen LogP contribution is -2.54. The fraction of sp³-hybridized carbons (Fsp3) is 0.632. The summed E-state index contributed by atoms with van der Waals surface area (Å²) in [5, 5.41) is 3.12. The Morgan fingerprint density at radius 1 is 1.14 bits per heavy atom. The van der Waals surface area contributed by atoms with Crippen molar-refractivity contribution in [2.24, 2.45) is 11.7 Å². The number of urea groups is 1. The molecule has 0 unspecified atom stereocenters. The number of halogens is 2. The van der Waals surface area contributed by atoms with Crippen LogP contribution in [0.3, 0.4) is 0 Å². The number of hydrogen-bond acceptors (Lipinski definition) is 6. The molecule has 2 aliphatic rings. The molecule has 0 aromatic carbocycles. The minimum absolute atomic E-state index is 0. The normalized spacial score (nSPS) is 21.4. The lowest BCUT2D eigenvalue weighted by atomic mass is 9.86. The van der Waals surface area contributed by atoms with Gasteiger partial charge in [0.1, 0.15) is 5.82 Å². The molecule has 1 saturated carbocycles. The smallest absolute Gasteiger partial charge is 0.317 e. The first-order valence-electron chi connectivity index (χ1n) is 9.64. The molecule has 1 aliphatic carbocycles. The van der Waals surface area contributed by atoms with Gasteiger partial charge in [-0.15, -0.1) is 24.8 Å². The molecule has 29 heavy (non-hydrogen) atoms. The molecule has 1 aromatic heterocycles. The second-order valence-corrected chi connectivity index (χ2v) is 7.22. The maximum Gasteiger partial charge on any atom is 0.317 e. The van der Waals surface area contributed by atoms with Crippen LogP contribution in [0.25, 0.3) is 0 Å². The van der Waals surface area contributed by atoms with Crippen LogP contribution < -0.4 is 16.0 Å². The quantitative estimate of drug-likeness (QED) is 0.683. The second kappa shape index (κ2) is 12.0. The number of aromatic nitrogens is 1. The van der Waals surface area contributed by atoms with Gasteiger partial charge in [-0.3, -0.25) is 4.79 Å². The number of pyridine rings is 1. The molecule has 164 valence electrons. The van der Waals surface area contributed by atoms with Crippen LogP contribution in [0, 0.1) is 5.92 Å². The Hall–Kier alpha value is -1.77. The first kappa shape index (κ1) is 25.3. The van der Waals surface area contributed by atoms with Crippen LogP contribution in [0.2, 0.25) is 0 Å². The van der Waals surface area contributed by atoms with Gasteiger partial charge in [0.05, 0.1) is 13.0 Å².